The maximum absolute atomic E-state index is 5.35. The molecule has 0 atom stereocenters. The zero-order chi connectivity index (χ0) is 11.2. The lowest BCUT2D eigenvalue weighted by molar-refractivity contribution is 1.03. The third-order valence-electron chi connectivity index (χ3n) is 2.35. The molecule has 1 N–H and O–H groups in total. The average molecular weight is 227 g/mol. The first-order chi connectivity index (χ1) is 7.88. The van der Waals surface area contributed by atoms with Crippen LogP contribution in [0.5, 0.6) is 0 Å². The van der Waals surface area contributed by atoms with E-state index in [2.05, 4.69) is 28.1 Å². The number of nitrogens with one attached hydrogen (secondary N) is 1. The fraction of sp³-hybridized carbons (Fsp3) is 0.143. The molecule has 80 valence electrons. The van der Waals surface area contributed by atoms with Crippen molar-refractivity contribution in [2.45, 2.75) is 6.42 Å². The lowest BCUT2D eigenvalue weighted by Crippen LogP contribution is -2.04. The van der Waals surface area contributed by atoms with Gasteiger partial charge in [-0.1, -0.05) is 12.0 Å². The van der Waals surface area contributed by atoms with Gasteiger partial charge in [0.25, 0.3) is 0 Å². The molecule has 0 aliphatic heterocycles. The van der Waals surface area contributed by atoms with Crippen LogP contribution >= 0.6 is 11.3 Å². The van der Waals surface area contributed by atoms with E-state index in [1.165, 1.54) is 5.56 Å². The smallest absolute Gasteiger partial charge is 0.0352 e. The van der Waals surface area contributed by atoms with Gasteiger partial charge in [-0.05, 0) is 47.0 Å². The Bertz CT molecular complexity index is 480. The Morgan fingerprint density at radius 1 is 1.31 bits per heavy atom. The molecule has 0 bridgehead atoms. The summed E-state index contributed by atoms with van der Waals surface area (Å²) in [6.45, 7) is 0.935. The first-order valence-corrected chi connectivity index (χ1v) is 6.14. The van der Waals surface area contributed by atoms with E-state index in [0.29, 0.717) is 0 Å². The third-order valence-corrected chi connectivity index (χ3v) is 3.08. The summed E-state index contributed by atoms with van der Waals surface area (Å²) in [5, 5.41) is 7.65. The van der Waals surface area contributed by atoms with Crippen molar-refractivity contribution in [3.63, 3.8) is 0 Å². The molecule has 16 heavy (non-hydrogen) atoms. The van der Waals surface area contributed by atoms with Crippen LogP contribution in [0, 0.1) is 12.3 Å². The van der Waals surface area contributed by atoms with Crippen LogP contribution in [0.25, 0.3) is 0 Å². The molecule has 2 aromatic rings. The fourth-order valence-corrected chi connectivity index (χ4v) is 2.21. The molecule has 0 fully saturated rings. The van der Waals surface area contributed by atoms with Crippen LogP contribution in [0.2, 0.25) is 0 Å². The number of anilines is 1. The Labute approximate surface area is 100 Å². The van der Waals surface area contributed by atoms with Gasteiger partial charge in [-0.25, -0.2) is 0 Å². The topological polar surface area (TPSA) is 12.0 Å². The van der Waals surface area contributed by atoms with Crippen molar-refractivity contribution in [2.75, 3.05) is 11.9 Å². The van der Waals surface area contributed by atoms with Crippen molar-refractivity contribution < 1.29 is 0 Å². The maximum atomic E-state index is 5.35. The third kappa shape index (κ3) is 2.88. The molecule has 0 radical (unpaired) electrons. The summed E-state index contributed by atoms with van der Waals surface area (Å²) in [6.07, 6.45) is 6.39. The lowest BCUT2D eigenvalue weighted by atomic mass is 10.2. The van der Waals surface area contributed by atoms with Crippen molar-refractivity contribution >= 4 is 17.0 Å². The van der Waals surface area contributed by atoms with E-state index in [4.69, 9.17) is 6.42 Å². The van der Waals surface area contributed by atoms with Crippen molar-refractivity contribution in [3.8, 4) is 12.3 Å². The standard InChI is InChI=1S/C14H13NS/c1-2-12-4-3-5-14(10-12)15-8-6-13-7-9-16-11-13/h1,3-5,7,9-11,15H,6,8H2. The van der Waals surface area contributed by atoms with E-state index in [0.717, 1.165) is 24.2 Å². The second kappa shape index (κ2) is 5.39. The Balaban J connectivity index is 1.88. The Hall–Kier alpha value is -1.72. The highest BCUT2D eigenvalue weighted by atomic mass is 32.1. The summed E-state index contributed by atoms with van der Waals surface area (Å²) in [4.78, 5) is 0. The predicted octanol–water partition coefficient (Wildman–Crippen LogP) is 3.38. The molecule has 2 rings (SSSR count). The number of terminal acetylenes is 1. The van der Waals surface area contributed by atoms with Gasteiger partial charge in [-0.2, -0.15) is 11.3 Å². The van der Waals surface area contributed by atoms with Crippen LogP contribution in [0.1, 0.15) is 11.1 Å². The van der Waals surface area contributed by atoms with Crippen molar-refractivity contribution in [1.29, 1.82) is 0 Å². The van der Waals surface area contributed by atoms with E-state index in [1.54, 1.807) is 11.3 Å². The van der Waals surface area contributed by atoms with Gasteiger partial charge in [0, 0.05) is 17.8 Å². The monoisotopic (exact) mass is 227 g/mol. The largest absolute Gasteiger partial charge is 0.385 e. The van der Waals surface area contributed by atoms with Crippen LogP contribution in [-0.4, -0.2) is 6.54 Å². The molecule has 0 aliphatic rings. The van der Waals surface area contributed by atoms with Crippen LogP contribution in [-0.2, 0) is 6.42 Å². The van der Waals surface area contributed by atoms with Gasteiger partial charge in [-0.15, -0.1) is 6.42 Å². The summed E-state index contributed by atoms with van der Waals surface area (Å²) in [5.74, 6) is 2.63. The van der Waals surface area contributed by atoms with Crippen molar-refractivity contribution in [1.82, 2.24) is 0 Å². The highest BCUT2D eigenvalue weighted by Gasteiger charge is 1.95. The van der Waals surface area contributed by atoms with Gasteiger partial charge in [-0.3, -0.25) is 0 Å². The minimum absolute atomic E-state index is 0.917. The molecular weight excluding hydrogens is 214 g/mol. The molecule has 2 heteroatoms. The average Bonchev–Trinajstić information content (AvgIpc) is 2.82. The second-order valence-electron chi connectivity index (χ2n) is 3.53. The summed E-state index contributed by atoms with van der Waals surface area (Å²) in [5.41, 5.74) is 3.39. The summed E-state index contributed by atoms with van der Waals surface area (Å²) < 4.78 is 0. The zero-order valence-electron chi connectivity index (χ0n) is 8.94. The molecule has 0 spiro atoms. The van der Waals surface area contributed by atoms with Gasteiger partial charge >= 0.3 is 0 Å². The van der Waals surface area contributed by atoms with E-state index >= 15 is 0 Å². The first-order valence-electron chi connectivity index (χ1n) is 5.20. The number of hydrogen-bond donors (Lipinski definition) is 1. The quantitative estimate of drug-likeness (QED) is 0.789. The minimum Gasteiger partial charge on any atom is -0.385 e. The van der Waals surface area contributed by atoms with Crippen LogP contribution in [0.15, 0.2) is 41.1 Å². The Morgan fingerprint density at radius 3 is 3.00 bits per heavy atom. The molecule has 0 saturated heterocycles. The number of benzene rings is 1. The number of rotatable bonds is 4. The van der Waals surface area contributed by atoms with Gasteiger partial charge < -0.3 is 5.32 Å². The van der Waals surface area contributed by atoms with E-state index in [9.17, 15) is 0 Å². The second-order valence-corrected chi connectivity index (χ2v) is 4.31. The molecule has 0 saturated carbocycles. The summed E-state index contributed by atoms with van der Waals surface area (Å²) in [7, 11) is 0. The Kier molecular flexibility index (Phi) is 3.63. The number of thiophene rings is 1. The SMILES string of the molecule is C#Cc1cccc(NCCc2ccsc2)c1. The van der Waals surface area contributed by atoms with E-state index in [-0.39, 0.29) is 0 Å². The highest BCUT2D eigenvalue weighted by molar-refractivity contribution is 7.07. The molecule has 1 aromatic carbocycles. The molecule has 0 amide bonds. The van der Waals surface area contributed by atoms with Gasteiger partial charge in [0.15, 0.2) is 0 Å². The molecule has 1 aromatic heterocycles. The highest BCUT2D eigenvalue weighted by Crippen LogP contribution is 2.11. The normalized spacial score (nSPS) is 9.69. The van der Waals surface area contributed by atoms with Crippen LogP contribution in [0.3, 0.4) is 0 Å². The molecular formula is C14H13NS. The predicted molar refractivity (Wildman–Crippen MR) is 70.9 cm³/mol. The van der Waals surface area contributed by atoms with Crippen LogP contribution < -0.4 is 5.32 Å². The molecule has 1 nitrogen and oxygen atoms in total. The molecule has 1 heterocycles. The van der Waals surface area contributed by atoms with Crippen molar-refractivity contribution in [2.24, 2.45) is 0 Å². The van der Waals surface area contributed by atoms with Crippen LogP contribution in [0.4, 0.5) is 5.69 Å². The summed E-state index contributed by atoms with van der Waals surface area (Å²) in [6, 6.07) is 10.1. The van der Waals surface area contributed by atoms with Gasteiger partial charge in [0.05, 0.1) is 0 Å². The molecule has 0 unspecified atom stereocenters. The lowest BCUT2D eigenvalue weighted by Gasteiger charge is -2.05. The molecule has 0 aliphatic carbocycles. The van der Waals surface area contributed by atoms with E-state index < -0.39 is 0 Å². The number of hydrogen-bond acceptors (Lipinski definition) is 2. The summed E-state index contributed by atoms with van der Waals surface area (Å²) >= 11 is 1.74. The Morgan fingerprint density at radius 2 is 2.25 bits per heavy atom. The maximum Gasteiger partial charge on any atom is 0.0352 e. The minimum atomic E-state index is 0.917. The van der Waals surface area contributed by atoms with Crippen molar-refractivity contribution in [3.05, 3.63) is 52.2 Å². The first kappa shape index (κ1) is 10.8. The van der Waals surface area contributed by atoms with E-state index in [1.807, 2.05) is 24.3 Å². The van der Waals surface area contributed by atoms with Gasteiger partial charge in [0.2, 0.25) is 0 Å². The zero-order valence-corrected chi connectivity index (χ0v) is 9.76. The van der Waals surface area contributed by atoms with Gasteiger partial charge in [0.1, 0.15) is 0 Å². The fourth-order valence-electron chi connectivity index (χ4n) is 1.51.